The molecule has 1 aliphatic heterocycles. The molecule has 1 aromatic carbocycles. The monoisotopic (exact) mass is 328 g/mol. The van der Waals surface area contributed by atoms with Crippen molar-refractivity contribution in [1.82, 2.24) is 0 Å². The molecule has 0 saturated heterocycles. The Balaban J connectivity index is 1.80. The fraction of sp³-hybridized carbons (Fsp3) is 0.579. The number of carbonyl (C=O) groups excluding carboxylic acids is 2. The summed E-state index contributed by atoms with van der Waals surface area (Å²) in [5.41, 5.74) is 0.506. The van der Waals surface area contributed by atoms with Gasteiger partial charge in [0, 0.05) is 18.9 Å². The number of ether oxygens (including phenoxy) is 2. The lowest BCUT2D eigenvalue weighted by Crippen LogP contribution is -2.69. The van der Waals surface area contributed by atoms with Gasteiger partial charge in [0.15, 0.2) is 23.4 Å². The summed E-state index contributed by atoms with van der Waals surface area (Å²) in [7, 11) is 0. The zero-order valence-electron chi connectivity index (χ0n) is 13.6. The van der Waals surface area contributed by atoms with Gasteiger partial charge in [0.05, 0.1) is 11.0 Å². The largest absolute Gasteiger partial charge is 0.477 e. The Hall–Kier alpha value is -1.88. The van der Waals surface area contributed by atoms with E-state index in [1.165, 1.54) is 6.92 Å². The molecule has 0 aromatic heterocycles. The van der Waals surface area contributed by atoms with Crippen LogP contribution in [0.4, 0.5) is 0 Å². The van der Waals surface area contributed by atoms with E-state index >= 15 is 0 Å². The van der Waals surface area contributed by atoms with E-state index in [2.05, 4.69) is 0 Å². The maximum absolute atomic E-state index is 12.7. The van der Waals surface area contributed by atoms with E-state index in [0.717, 1.165) is 36.8 Å². The first-order chi connectivity index (χ1) is 11.5. The van der Waals surface area contributed by atoms with Crippen LogP contribution in [0.5, 0.6) is 11.5 Å². The summed E-state index contributed by atoms with van der Waals surface area (Å²) in [6, 6.07) is 3.73. The van der Waals surface area contributed by atoms with Crippen molar-refractivity contribution >= 4 is 11.8 Å². The molecule has 126 valence electrons. The van der Waals surface area contributed by atoms with Crippen LogP contribution in [0, 0.1) is 5.92 Å². The van der Waals surface area contributed by atoms with Crippen molar-refractivity contribution in [3.8, 4) is 11.5 Å². The van der Waals surface area contributed by atoms with Crippen LogP contribution in [0.1, 0.15) is 50.2 Å². The lowest BCUT2D eigenvalue weighted by Gasteiger charge is -2.59. The summed E-state index contributed by atoms with van der Waals surface area (Å²) < 4.78 is 11.4. The van der Waals surface area contributed by atoms with Crippen LogP contribution in [-0.4, -0.2) is 28.6 Å². The first kappa shape index (κ1) is 14.5. The molecule has 4 atom stereocenters. The summed E-state index contributed by atoms with van der Waals surface area (Å²) >= 11 is 0. The van der Waals surface area contributed by atoms with E-state index < -0.39 is 23.1 Å². The van der Waals surface area contributed by atoms with Crippen LogP contribution in [0.25, 0.3) is 0 Å². The molecular formula is C19H20O5. The van der Waals surface area contributed by atoms with Crippen molar-refractivity contribution in [2.75, 3.05) is 0 Å². The molecule has 1 aromatic rings. The highest BCUT2D eigenvalue weighted by Crippen LogP contribution is 2.66. The van der Waals surface area contributed by atoms with Crippen molar-refractivity contribution in [3.63, 3.8) is 0 Å². The molecule has 2 saturated carbocycles. The van der Waals surface area contributed by atoms with Crippen molar-refractivity contribution < 1.29 is 24.2 Å². The van der Waals surface area contributed by atoms with Gasteiger partial charge in [-0.1, -0.05) is 12.5 Å². The first-order valence-corrected chi connectivity index (χ1v) is 8.74. The normalized spacial score (nSPS) is 38.3. The Labute approximate surface area is 139 Å². The number of esters is 1. The summed E-state index contributed by atoms with van der Waals surface area (Å²) in [5, 5.41) is 11.7. The molecule has 1 unspecified atom stereocenters. The number of hydrogen-bond acceptors (Lipinski definition) is 5. The first-order valence-electron chi connectivity index (χ1n) is 8.74. The Morgan fingerprint density at radius 2 is 2.21 bits per heavy atom. The lowest BCUT2D eigenvalue weighted by molar-refractivity contribution is -0.177. The van der Waals surface area contributed by atoms with Gasteiger partial charge in [-0.2, -0.15) is 0 Å². The highest BCUT2D eigenvalue weighted by atomic mass is 16.6. The Morgan fingerprint density at radius 1 is 1.38 bits per heavy atom. The number of ketones is 1. The third kappa shape index (κ3) is 1.45. The van der Waals surface area contributed by atoms with Crippen molar-refractivity contribution in [2.24, 2.45) is 5.92 Å². The molecule has 1 spiro atoms. The zero-order chi connectivity index (χ0) is 16.7. The van der Waals surface area contributed by atoms with Crippen molar-refractivity contribution in [1.29, 1.82) is 0 Å². The SMILES string of the molecule is CC(=O)Oc1ccc2c3c1O[C@H]1C(=O)CC[C@@]4(O)[C@H](CCCC314)C2. The second-order valence-corrected chi connectivity index (χ2v) is 7.67. The van der Waals surface area contributed by atoms with E-state index in [4.69, 9.17) is 9.47 Å². The average Bonchev–Trinajstić information content (AvgIpc) is 2.87. The highest BCUT2D eigenvalue weighted by molar-refractivity contribution is 5.90. The van der Waals surface area contributed by atoms with E-state index in [1.807, 2.05) is 6.07 Å². The molecule has 1 N–H and O–H groups in total. The van der Waals surface area contributed by atoms with Crippen LogP contribution in [0.3, 0.4) is 0 Å². The van der Waals surface area contributed by atoms with Gasteiger partial charge >= 0.3 is 5.97 Å². The van der Waals surface area contributed by atoms with E-state index in [1.54, 1.807) is 6.07 Å². The number of aliphatic hydroxyl groups is 1. The molecule has 24 heavy (non-hydrogen) atoms. The van der Waals surface area contributed by atoms with Crippen LogP contribution >= 0.6 is 0 Å². The minimum absolute atomic E-state index is 0.0538. The van der Waals surface area contributed by atoms with Gasteiger partial charge in [0.2, 0.25) is 0 Å². The van der Waals surface area contributed by atoms with Crippen LogP contribution in [0.2, 0.25) is 0 Å². The summed E-state index contributed by atoms with van der Waals surface area (Å²) in [6.45, 7) is 1.35. The molecule has 5 heteroatoms. The van der Waals surface area contributed by atoms with Gasteiger partial charge in [-0.15, -0.1) is 0 Å². The fourth-order valence-electron chi connectivity index (χ4n) is 5.86. The molecule has 1 heterocycles. The minimum Gasteiger partial charge on any atom is -0.477 e. The van der Waals surface area contributed by atoms with Crippen LogP contribution in [0.15, 0.2) is 12.1 Å². The Morgan fingerprint density at radius 3 is 3.00 bits per heavy atom. The number of benzene rings is 1. The number of carbonyl (C=O) groups is 2. The summed E-state index contributed by atoms with van der Waals surface area (Å²) in [5.74, 6) is 0.675. The Kier molecular flexibility index (Phi) is 2.65. The topological polar surface area (TPSA) is 72.8 Å². The quantitative estimate of drug-likeness (QED) is 0.631. The predicted molar refractivity (Wildman–Crippen MR) is 84.1 cm³/mol. The summed E-state index contributed by atoms with van der Waals surface area (Å²) in [4.78, 5) is 24.1. The standard InChI is InChI=1S/C19H20O5/c1-10(20)23-14-5-4-11-9-12-3-2-7-18-15(11)16(14)24-17(18)13(21)6-8-19(12,18)22/h4-5,12,17,22H,2-3,6-9H2,1H3/t12-,17+,18?,19-/m1/s1. The van der Waals surface area contributed by atoms with Gasteiger partial charge < -0.3 is 14.6 Å². The van der Waals surface area contributed by atoms with E-state index in [9.17, 15) is 14.7 Å². The Bertz CT molecular complexity index is 784. The molecule has 4 aliphatic rings. The predicted octanol–water partition coefficient (Wildman–Crippen LogP) is 2.06. The number of hydrogen-bond donors (Lipinski definition) is 1. The van der Waals surface area contributed by atoms with Crippen molar-refractivity contribution in [3.05, 3.63) is 23.3 Å². The number of Topliss-reactive ketones (excluding diaryl/α,β-unsaturated/α-hetero) is 1. The van der Waals surface area contributed by atoms with Crippen molar-refractivity contribution in [2.45, 2.75) is 62.6 Å². The maximum Gasteiger partial charge on any atom is 0.308 e. The minimum atomic E-state index is -0.892. The highest BCUT2D eigenvalue weighted by Gasteiger charge is 2.71. The second kappa shape index (κ2) is 4.39. The molecule has 2 bridgehead atoms. The van der Waals surface area contributed by atoms with Gasteiger partial charge in [-0.05, 0) is 43.2 Å². The third-order valence-electron chi connectivity index (χ3n) is 6.67. The van der Waals surface area contributed by atoms with E-state index in [-0.39, 0.29) is 11.7 Å². The molecule has 3 aliphatic carbocycles. The average molecular weight is 328 g/mol. The molecule has 5 rings (SSSR count). The molecule has 2 fully saturated rings. The van der Waals surface area contributed by atoms with Gasteiger partial charge in [0.1, 0.15) is 0 Å². The lowest BCUT2D eigenvalue weighted by atomic mass is 9.46. The maximum atomic E-state index is 12.7. The van der Waals surface area contributed by atoms with Gasteiger partial charge in [-0.25, -0.2) is 0 Å². The molecular weight excluding hydrogens is 308 g/mol. The van der Waals surface area contributed by atoms with Gasteiger partial charge in [-0.3, -0.25) is 9.59 Å². The van der Waals surface area contributed by atoms with Gasteiger partial charge in [0.25, 0.3) is 0 Å². The molecule has 0 radical (unpaired) electrons. The molecule has 5 nitrogen and oxygen atoms in total. The van der Waals surface area contributed by atoms with Crippen LogP contribution < -0.4 is 9.47 Å². The number of rotatable bonds is 1. The second-order valence-electron chi connectivity index (χ2n) is 7.67. The summed E-state index contributed by atoms with van der Waals surface area (Å²) in [6.07, 6.45) is 3.73. The smallest absolute Gasteiger partial charge is 0.308 e. The molecule has 0 amide bonds. The van der Waals surface area contributed by atoms with E-state index in [0.29, 0.717) is 24.3 Å². The third-order valence-corrected chi connectivity index (χ3v) is 6.67. The fourth-order valence-corrected chi connectivity index (χ4v) is 5.86. The van der Waals surface area contributed by atoms with Crippen LogP contribution in [-0.2, 0) is 21.4 Å². The zero-order valence-corrected chi connectivity index (χ0v) is 13.6.